The highest BCUT2D eigenvalue weighted by molar-refractivity contribution is 7.97. The Bertz CT molecular complexity index is 1500. The van der Waals surface area contributed by atoms with Crippen molar-refractivity contribution in [2.75, 3.05) is 19.8 Å². The minimum atomic E-state index is -0.550. The van der Waals surface area contributed by atoms with Gasteiger partial charge in [-0.3, -0.25) is 0 Å². The summed E-state index contributed by atoms with van der Waals surface area (Å²) in [5, 5.41) is 0. The number of rotatable bonds is 18. The number of hydrogen-bond acceptors (Lipinski definition) is 9. The van der Waals surface area contributed by atoms with Crippen LogP contribution in [-0.2, 0) is 39.5 Å². The number of hydrogen-bond donors (Lipinski definition) is 0. The van der Waals surface area contributed by atoms with Crippen LogP contribution in [0.15, 0.2) is 87.5 Å². The van der Waals surface area contributed by atoms with Crippen LogP contribution in [0.1, 0.15) is 117 Å². The maximum atomic E-state index is 12.7. The first-order valence-corrected chi connectivity index (χ1v) is 21.5. The van der Waals surface area contributed by atoms with Crippen LogP contribution in [0.3, 0.4) is 0 Å². The predicted molar refractivity (Wildman–Crippen MR) is 211 cm³/mol. The lowest BCUT2D eigenvalue weighted by Gasteiger charge is -2.27. The third-order valence-electron chi connectivity index (χ3n) is 11.7. The summed E-state index contributed by atoms with van der Waals surface area (Å²) >= 11 is 0. The van der Waals surface area contributed by atoms with E-state index >= 15 is 0 Å². The molecule has 9 nitrogen and oxygen atoms in total. The molecule has 0 heterocycles. The molecule has 3 fully saturated rings. The van der Waals surface area contributed by atoms with Gasteiger partial charge in [0.2, 0.25) is 0 Å². The third kappa shape index (κ3) is 10.6. The average Bonchev–Trinajstić information content (AvgIpc) is 4.00. The molecule has 6 rings (SSSR count). The summed E-state index contributed by atoms with van der Waals surface area (Å²) in [5.74, 6) is 0.716. The monoisotopic (exact) mass is 773 g/mol. The van der Waals surface area contributed by atoms with Crippen LogP contribution in [0.5, 0.6) is 17.2 Å². The van der Waals surface area contributed by atoms with Gasteiger partial charge >= 0.3 is 17.9 Å². The van der Waals surface area contributed by atoms with Gasteiger partial charge in [-0.2, -0.15) is 0 Å². The molecule has 10 heteroatoms. The summed E-state index contributed by atoms with van der Waals surface area (Å²) in [6.45, 7) is 5.78. The van der Waals surface area contributed by atoms with Crippen LogP contribution >= 0.6 is 0 Å². The third-order valence-corrected chi connectivity index (χ3v) is 13.9. The second kappa shape index (κ2) is 18.6. The molecule has 0 radical (unpaired) electrons. The van der Waals surface area contributed by atoms with Crippen molar-refractivity contribution in [2.45, 2.75) is 149 Å². The van der Waals surface area contributed by atoms with Gasteiger partial charge in [-0.15, -0.1) is 0 Å². The first-order valence-electron chi connectivity index (χ1n) is 20.3. The Morgan fingerprint density at radius 3 is 0.891 bits per heavy atom. The first kappa shape index (κ1) is 40.5. The largest absolute Gasteiger partial charge is 0.482 e. The van der Waals surface area contributed by atoms with Crippen LogP contribution in [0, 0.1) is 0 Å². The molecule has 0 atom stereocenters. The van der Waals surface area contributed by atoms with E-state index in [-0.39, 0.29) is 54.5 Å². The molecule has 0 bridgehead atoms. The molecule has 3 aromatic carbocycles. The molecule has 3 saturated carbocycles. The van der Waals surface area contributed by atoms with Gasteiger partial charge in [0.05, 0.1) is 10.9 Å². The van der Waals surface area contributed by atoms with Crippen molar-refractivity contribution in [3.63, 3.8) is 0 Å². The van der Waals surface area contributed by atoms with E-state index in [4.69, 9.17) is 28.4 Å². The highest BCUT2D eigenvalue weighted by Crippen LogP contribution is 2.39. The van der Waals surface area contributed by atoms with Crippen LogP contribution in [0.25, 0.3) is 0 Å². The van der Waals surface area contributed by atoms with Gasteiger partial charge < -0.3 is 28.4 Å². The molecule has 0 spiro atoms. The Labute approximate surface area is 329 Å². The Hall–Kier alpha value is -4.18. The summed E-state index contributed by atoms with van der Waals surface area (Å²) in [6.07, 6.45) is 14.4. The summed E-state index contributed by atoms with van der Waals surface area (Å²) in [6, 6.07) is 23.3. The lowest BCUT2D eigenvalue weighted by molar-refractivity contribution is -0.163. The molecule has 0 saturated heterocycles. The van der Waals surface area contributed by atoms with Crippen molar-refractivity contribution in [2.24, 2.45) is 0 Å². The van der Waals surface area contributed by atoms with E-state index in [2.05, 4.69) is 20.8 Å². The average molecular weight is 774 g/mol. The lowest BCUT2D eigenvalue weighted by Crippen LogP contribution is -2.33. The molecule has 3 aliphatic rings. The highest BCUT2D eigenvalue weighted by atomic mass is 32.2. The topological polar surface area (TPSA) is 107 Å². The van der Waals surface area contributed by atoms with E-state index in [1.165, 1.54) is 0 Å². The Morgan fingerprint density at radius 2 is 0.673 bits per heavy atom. The number of esters is 3. The second-order valence-corrected chi connectivity index (χ2v) is 17.3. The van der Waals surface area contributed by atoms with Crippen molar-refractivity contribution in [3.8, 4) is 17.2 Å². The van der Waals surface area contributed by atoms with Crippen molar-refractivity contribution in [1.82, 2.24) is 0 Å². The van der Waals surface area contributed by atoms with Crippen molar-refractivity contribution in [1.29, 1.82) is 0 Å². The SMILES string of the molecule is CCC1(OC(=O)COc2ccc([S+](c3ccc(OCC(=O)OC4(CC)CCCC4)cc3)c3ccc(OCC(=O)OC4(CC)CCCC4)cc3)cc2)CCCC1. The molecule has 3 aliphatic carbocycles. The van der Waals surface area contributed by atoms with Crippen molar-refractivity contribution in [3.05, 3.63) is 72.8 Å². The Morgan fingerprint density at radius 1 is 0.436 bits per heavy atom. The van der Waals surface area contributed by atoms with Crippen molar-refractivity contribution >= 4 is 28.8 Å². The summed E-state index contributed by atoms with van der Waals surface area (Å²) < 4.78 is 35.2. The van der Waals surface area contributed by atoms with Gasteiger partial charge in [-0.1, -0.05) is 20.8 Å². The van der Waals surface area contributed by atoms with Gasteiger partial charge in [0, 0.05) is 0 Å². The normalized spacial score (nSPS) is 18.1. The molecule has 0 amide bonds. The summed E-state index contributed by atoms with van der Waals surface area (Å²) in [5.41, 5.74) is -1.06. The fraction of sp³-hybridized carbons (Fsp3) is 0.533. The molecular formula is C45H57O9S+. The number of carbonyl (C=O) groups is 3. The van der Waals surface area contributed by atoms with Gasteiger partial charge in [-0.05, 0) is 169 Å². The minimum Gasteiger partial charge on any atom is -0.482 e. The van der Waals surface area contributed by atoms with Crippen molar-refractivity contribution < 1.29 is 42.8 Å². The van der Waals surface area contributed by atoms with E-state index in [1.54, 1.807) is 0 Å². The maximum Gasteiger partial charge on any atom is 0.344 e. The smallest absolute Gasteiger partial charge is 0.344 e. The summed E-state index contributed by atoms with van der Waals surface area (Å²) in [7, 11) is -0.550. The molecule has 3 aromatic rings. The van der Waals surface area contributed by atoms with Crippen LogP contribution in [0.2, 0.25) is 0 Å². The fourth-order valence-electron chi connectivity index (χ4n) is 8.31. The van der Waals surface area contributed by atoms with E-state index in [1.807, 2.05) is 72.8 Å². The van der Waals surface area contributed by atoms with Gasteiger partial charge in [0.15, 0.2) is 34.5 Å². The van der Waals surface area contributed by atoms with E-state index < -0.39 is 10.9 Å². The van der Waals surface area contributed by atoms with Crippen LogP contribution < -0.4 is 14.2 Å². The highest BCUT2D eigenvalue weighted by Gasteiger charge is 2.38. The Balaban J connectivity index is 1.13. The predicted octanol–water partition coefficient (Wildman–Crippen LogP) is 9.72. The maximum absolute atomic E-state index is 12.7. The standard InChI is InChI=1S/C45H57O9S/c1-4-43(25-7-8-26-43)52-40(46)31-49-34-13-19-37(20-14-34)55(38-21-15-35(16-22-38)50-32-41(47)53-44(5-2)27-9-10-28-44)39-23-17-36(18-24-39)51-33-42(48)54-45(6-3)29-11-12-30-45/h13-24H,4-12,25-33H2,1-3H3/q+1. The minimum absolute atomic E-state index is 0.143. The fourth-order valence-corrected chi connectivity index (χ4v) is 10.3. The number of ether oxygens (including phenoxy) is 6. The van der Waals surface area contributed by atoms with E-state index in [0.717, 1.165) is 111 Å². The molecule has 0 aliphatic heterocycles. The van der Waals surface area contributed by atoms with Gasteiger partial charge in [0.25, 0.3) is 0 Å². The molecule has 296 valence electrons. The zero-order valence-corrected chi connectivity index (χ0v) is 33.6. The van der Waals surface area contributed by atoms with E-state index in [9.17, 15) is 14.4 Å². The molecule has 55 heavy (non-hydrogen) atoms. The lowest BCUT2D eigenvalue weighted by atomic mass is 9.99. The molecule has 0 unspecified atom stereocenters. The first-order chi connectivity index (χ1) is 26.7. The van der Waals surface area contributed by atoms with Gasteiger partial charge in [0.1, 0.15) is 34.1 Å². The molecular weight excluding hydrogens is 717 g/mol. The van der Waals surface area contributed by atoms with Crippen LogP contribution in [0.4, 0.5) is 0 Å². The number of carbonyl (C=O) groups excluding carboxylic acids is 3. The van der Waals surface area contributed by atoms with Crippen LogP contribution in [-0.4, -0.2) is 54.5 Å². The zero-order chi connectivity index (χ0) is 38.7. The van der Waals surface area contributed by atoms with E-state index in [0.29, 0.717) is 17.2 Å². The number of benzene rings is 3. The zero-order valence-electron chi connectivity index (χ0n) is 32.7. The molecule has 0 aromatic heterocycles. The van der Waals surface area contributed by atoms with Gasteiger partial charge in [-0.25, -0.2) is 14.4 Å². The molecule has 0 N–H and O–H groups in total. The quantitative estimate of drug-likeness (QED) is 0.0710. The summed E-state index contributed by atoms with van der Waals surface area (Å²) in [4.78, 5) is 41.2. The Kier molecular flexibility index (Phi) is 13.7. The second-order valence-electron chi connectivity index (χ2n) is 15.2.